The monoisotopic (exact) mass is 334 g/mol. The van der Waals surface area contributed by atoms with Crippen molar-refractivity contribution >= 4 is 41.0 Å². The van der Waals surface area contributed by atoms with Gasteiger partial charge in [0.15, 0.2) is 0 Å². The van der Waals surface area contributed by atoms with Gasteiger partial charge in [-0.05, 0) is 62.2 Å². The lowest BCUT2D eigenvalue weighted by Crippen LogP contribution is -2.46. The van der Waals surface area contributed by atoms with Crippen molar-refractivity contribution < 1.29 is 9.90 Å². The van der Waals surface area contributed by atoms with Crippen LogP contribution in [0.4, 0.5) is 16.2 Å². The summed E-state index contributed by atoms with van der Waals surface area (Å²) in [5.41, 5.74) is 1.50. The van der Waals surface area contributed by atoms with E-state index in [-0.39, 0.29) is 17.8 Å². The van der Waals surface area contributed by atoms with Crippen LogP contribution in [0.25, 0.3) is 0 Å². The third-order valence-corrected chi connectivity index (χ3v) is 4.69. The highest BCUT2D eigenvalue weighted by molar-refractivity contribution is 8.01. The highest BCUT2D eigenvalue weighted by atomic mass is 35.5. The largest absolute Gasteiger partial charge is 0.508 e. The fraction of sp³-hybridized carbons (Fsp3) is 0.188. The molecular weight excluding hydrogens is 320 g/mol. The van der Waals surface area contributed by atoms with Crippen molar-refractivity contribution in [1.29, 1.82) is 0 Å². The van der Waals surface area contributed by atoms with E-state index in [4.69, 9.17) is 11.6 Å². The number of anilines is 2. The molecule has 114 valence electrons. The fourth-order valence-corrected chi connectivity index (χ4v) is 3.44. The molecule has 0 bridgehead atoms. The van der Waals surface area contributed by atoms with Gasteiger partial charge in [0.2, 0.25) is 0 Å². The van der Waals surface area contributed by atoms with Crippen LogP contribution in [0.5, 0.6) is 5.75 Å². The van der Waals surface area contributed by atoms with Crippen LogP contribution in [0.2, 0.25) is 5.02 Å². The summed E-state index contributed by atoms with van der Waals surface area (Å²) < 4.78 is 1.63. The maximum atomic E-state index is 12.8. The molecule has 6 heteroatoms. The standard InChI is InChI=1S/C16H15ClN2O2S/c1-10(2)18-14-9-13(20)7-8-15(14)22-19(16(18)21)12-5-3-11(17)4-6-12/h3-10,20H,1-2H3. The second-order valence-corrected chi connectivity index (χ2v) is 6.68. The van der Waals surface area contributed by atoms with Crippen LogP contribution in [-0.4, -0.2) is 17.2 Å². The molecule has 0 fully saturated rings. The number of urea groups is 1. The Balaban J connectivity index is 2.07. The van der Waals surface area contributed by atoms with E-state index in [9.17, 15) is 9.90 Å². The number of hydrogen-bond acceptors (Lipinski definition) is 3. The number of hydrogen-bond donors (Lipinski definition) is 1. The minimum atomic E-state index is -0.138. The molecule has 0 spiro atoms. The Morgan fingerprint density at radius 1 is 1.14 bits per heavy atom. The van der Waals surface area contributed by atoms with Crippen molar-refractivity contribution in [3.63, 3.8) is 0 Å². The smallest absolute Gasteiger partial charge is 0.339 e. The van der Waals surface area contributed by atoms with Gasteiger partial charge in [0.25, 0.3) is 0 Å². The summed E-state index contributed by atoms with van der Waals surface area (Å²) in [6, 6.07) is 12.1. The summed E-state index contributed by atoms with van der Waals surface area (Å²) in [5, 5.41) is 10.3. The van der Waals surface area contributed by atoms with E-state index in [0.29, 0.717) is 5.02 Å². The van der Waals surface area contributed by atoms with Crippen LogP contribution < -0.4 is 9.21 Å². The van der Waals surface area contributed by atoms with Crippen LogP contribution in [0.15, 0.2) is 47.4 Å². The third kappa shape index (κ3) is 2.62. The number of phenolic OH excluding ortho intramolecular Hbond substituents is 1. The molecule has 1 aliphatic heterocycles. The summed E-state index contributed by atoms with van der Waals surface area (Å²) in [7, 11) is 0. The summed E-state index contributed by atoms with van der Waals surface area (Å²) in [6.45, 7) is 3.89. The minimum absolute atomic E-state index is 0.0243. The Kier molecular flexibility index (Phi) is 3.93. The van der Waals surface area contributed by atoms with Gasteiger partial charge in [-0.15, -0.1) is 0 Å². The molecule has 3 rings (SSSR count). The zero-order valence-electron chi connectivity index (χ0n) is 12.2. The first-order valence-corrected chi connectivity index (χ1v) is 8.02. The molecule has 0 radical (unpaired) electrons. The predicted octanol–water partition coefficient (Wildman–Crippen LogP) is 4.91. The number of aromatic hydroxyl groups is 1. The van der Waals surface area contributed by atoms with Gasteiger partial charge in [-0.2, -0.15) is 0 Å². The van der Waals surface area contributed by atoms with E-state index in [2.05, 4.69) is 0 Å². The molecule has 0 aromatic heterocycles. The number of amides is 2. The summed E-state index contributed by atoms with van der Waals surface area (Å²) in [5.74, 6) is 0.151. The van der Waals surface area contributed by atoms with Crippen molar-refractivity contribution in [2.75, 3.05) is 9.21 Å². The number of phenols is 1. The van der Waals surface area contributed by atoms with Crippen molar-refractivity contribution in [2.45, 2.75) is 24.8 Å². The van der Waals surface area contributed by atoms with Crippen LogP contribution in [0.1, 0.15) is 13.8 Å². The molecule has 0 unspecified atom stereocenters. The first-order chi connectivity index (χ1) is 10.5. The van der Waals surface area contributed by atoms with Crippen molar-refractivity contribution in [3.05, 3.63) is 47.5 Å². The SMILES string of the molecule is CC(C)N1C(=O)N(c2ccc(Cl)cc2)Sc2ccc(O)cc21. The first-order valence-electron chi connectivity index (χ1n) is 6.87. The molecule has 2 amide bonds. The number of nitrogens with zero attached hydrogens (tertiary/aromatic N) is 2. The quantitative estimate of drug-likeness (QED) is 0.794. The maximum absolute atomic E-state index is 12.8. The Morgan fingerprint density at radius 2 is 1.82 bits per heavy atom. The van der Waals surface area contributed by atoms with Crippen LogP contribution in [0.3, 0.4) is 0 Å². The first kappa shape index (κ1) is 15.1. The average molecular weight is 335 g/mol. The highest BCUT2D eigenvalue weighted by Gasteiger charge is 2.34. The van der Waals surface area contributed by atoms with Gasteiger partial charge in [-0.3, -0.25) is 4.90 Å². The summed E-state index contributed by atoms with van der Waals surface area (Å²) in [6.07, 6.45) is 0. The average Bonchev–Trinajstić information content (AvgIpc) is 2.47. The van der Waals surface area contributed by atoms with E-state index >= 15 is 0 Å². The number of benzene rings is 2. The fourth-order valence-electron chi connectivity index (χ4n) is 2.35. The van der Waals surface area contributed by atoms with Crippen LogP contribution >= 0.6 is 23.5 Å². The lowest BCUT2D eigenvalue weighted by atomic mass is 10.2. The van der Waals surface area contributed by atoms with E-state index in [1.807, 2.05) is 32.0 Å². The molecular formula is C16H15ClN2O2S. The Hall–Kier alpha value is -1.85. The van der Waals surface area contributed by atoms with Gasteiger partial charge in [0, 0.05) is 17.1 Å². The number of halogens is 1. The molecule has 1 heterocycles. The van der Waals surface area contributed by atoms with Crippen molar-refractivity contribution in [3.8, 4) is 5.75 Å². The number of fused-ring (bicyclic) bond motifs is 1. The van der Waals surface area contributed by atoms with Crippen LogP contribution in [0, 0.1) is 0 Å². The molecule has 2 aromatic carbocycles. The Morgan fingerprint density at radius 3 is 2.45 bits per heavy atom. The lowest BCUT2D eigenvalue weighted by Gasteiger charge is -2.38. The molecule has 1 aliphatic rings. The summed E-state index contributed by atoms with van der Waals surface area (Å²) >= 11 is 7.26. The zero-order chi connectivity index (χ0) is 15.9. The van der Waals surface area contributed by atoms with Gasteiger partial charge >= 0.3 is 6.03 Å². The predicted molar refractivity (Wildman–Crippen MR) is 90.9 cm³/mol. The Bertz CT molecular complexity index is 719. The number of carbonyl (C=O) groups excluding carboxylic acids is 1. The topological polar surface area (TPSA) is 43.8 Å². The van der Waals surface area contributed by atoms with Gasteiger partial charge in [-0.1, -0.05) is 11.6 Å². The van der Waals surface area contributed by atoms with Crippen molar-refractivity contribution in [1.82, 2.24) is 0 Å². The molecule has 0 atom stereocenters. The molecule has 0 saturated carbocycles. The van der Waals surface area contributed by atoms with E-state index in [1.54, 1.807) is 33.5 Å². The van der Waals surface area contributed by atoms with E-state index in [1.165, 1.54) is 11.9 Å². The second-order valence-electron chi connectivity index (χ2n) is 5.26. The highest BCUT2D eigenvalue weighted by Crippen LogP contribution is 2.43. The van der Waals surface area contributed by atoms with Crippen LogP contribution in [-0.2, 0) is 0 Å². The van der Waals surface area contributed by atoms with E-state index < -0.39 is 0 Å². The molecule has 2 aromatic rings. The number of rotatable bonds is 2. The molecule has 0 aliphatic carbocycles. The third-order valence-electron chi connectivity index (χ3n) is 3.35. The van der Waals surface area contributed by atoms with Crippen molar-refractivity contribution in [2.24, 2.45) is 0 Å². The van der Waals surface area contributed by atoms with Gasteiger partial charge in [-0.25, -0.2) is 9.10 Å². The zero-order valence-corrected chi connectivity index (χ0v) is 13.7. The van der Waals surface area contributed by atoms with Gasteiger partial charge < -0.3 is 5.11 Å². The molecule has 22 heavy (non-hydrogen) atoms. The second kappa shape index (κ2) is 5.74. The molecule has 1 N–H and O–H groups in total. The minimum Gasteiger partial charge on any atom is -0.508 e. The molecule has 0 saturated heterocycles. The van der Waals surface area contributed by atoms with E-state index in [0.717, 1.165) is 16.3 Å². The maximum Gasteiger partial charge on any atom is 0.339 e. The summed E-state index contributed by atoms with van der Waals surface area (Å²) in [4.78, 5) is 15.4. The lowest BCUT2D eigenvalue weighted by molar-refractivity contribution is 0.253. The molecule has 4 nitrogen and oxygen atoms in total. The van der Waals surface area contributed by atoms with Gasteiger partial charge in [0.1, 0.15) is 5.75 Å². The normalized spacial score (nSPS) is 14.5. The van der Waals surface area contributed by atoms with Gasteiger partial charge in [0.05, 0.1) is 16.3 Å². The Labute approximate surface area is 138 Å². The number of carbonyl (C=O) groups is 1.